The molecule has 8 nitrogen and oxygen atoms in total. The Labute approximate surface area is 154 Å². The maximum atomic E-state index is 12.2. The van der Waals surface area contributed by atoms with Gasteiger partial charge in [-0.25, -0.2) is 18.1 Å². The number of amides is 1. The number of benzene rings is 1. The van der Waals surface area contributed by atoms with E-state index in [0.717, 1.165) is 0 Å². The minimum Gasteiger partial charge on any atom is -0.497 e. The van der Waals surface area contributed by atoms with Crippen molar-refractivity contribution >= 4 is 43.4 Å². The van der Waals surface area contributed by atoms with E-state index in [2.05, 4.69) is 31.0 Å². The fourth-order valence-corrected chi connectivity index (χ4v) is 3.54. The lowest BCUT2D eigenvalue weighted by atomic mass is 10.3. The van der Waals surface area contributed by atoms with Crippen molar-refractivity contribution in [2.75, 3.05) is 24.7 Å². The summed E-state index contributed by atoms with van der Waals surface area (Å²) in [4.78, 5) is 15.5. The van der Waals surface area contributed by atoms with Crippen LogP contribution in [0, 0.1) is 0 Å². The number of anilines is 2. The Morgan fingerprint density at radius 3 is 2.64 bits per heavy atom. The van der Waals surface area contributed by atoms with Crippen LogP contribution in [0.3, 0.4) is 0 Å². The van der Waals surface area contributed by atoms with Gasteiger partial charge in [-0.15, -0.1) is 0 Å². The zero-order chi connectivity index (χ0) is 18.4. The van der Waals surface area contributed by atoms with Crippen molar-refractivity contribution in [3.8, 4) is 5.75 Å². The molecule has 0 bridgehead atoms. The number of nitrogens with one attached hydrogen (secondary N) is 2. The first kappa shape index (κ1) is 19.2. The molecule has 1 heterocycles. The van der Waals surface area contributed by atoms with Gasteiger partial charge in [0, 0.05) is 29.3 Å². The zero-order valence-electron chi connectivity index (χ0n) is 13.3. The molecule has 0 unspecified atom stereocenters. The van der Waals surface area contributed by atoms with Crippen molar-refractivity contribution in [2.45, 2.75) is 11.3 Å². The fraction of sp³-hybridized carbons (Fsp3) is 0.200. The van der Waals surface area contributed by atoms with Gasteiger partial charge in [-0.05, 0) is 46.3 Å². The molecule has 1 aromatic carbocycles. The third-order valence-electron chi connectivity index (χ3n) is 3.16. The second-order valence-corrected chi connectivity index (χ2v) is 7.61. The number of halogens is 1. The Kier molecular flexibility index (Phi) is 6.34. The van der Waals surface area contributed by atoms with Gasteiger partial charge in [0.25, 0.3) is 0 Å². The number of carbonyl (C=O) groups excluding carboxylic acids is 1. The number of nitrogens with zero attached hydrogens (tertiary/aromatic N) is 1. The number of hydrogen-bond acceptors (Lipinski definition) is 6. The van der Waals surface area contributed by atoms with Crippen molar-refractivity contribution < 1.29 is 17.9 Å². The standard InChI is InChI=1S/C15H17BrN4O4S/c1-24-12-4-2-11(3-5-12)20-14(21)6-7-19-25(22,23)13-8-10(16)9-18-15(13)17/h2-5,8-9,19H,6-7H2,1H3,(H2,17,18)(H,20,21). The topological polar surface area (TPSA) is 123 Å². The number of nitrogens with two attached hydrogens (primary N) is 1. The molecule has 4 N–H and O–H groups in total. The summed E-state index contributed by atoms with van der Waals surface area (Å²) in [6, 6.07) is 8.15. The third kappa shape index (κ3) is 5.41. The maximum absolute atomic E-state index is 12.2. The molecule has 0 aliphatic heterocycles. The van der Waals surface area contributed by atoms with Crippen LogP contribution in [0.25, 0.3) is 0 Å². The molecule has 2 aromatic rings. The minimum atomic E-state index is -3.86. The molecule has 0 radical (unpaired) electrons. The highest BCUT2D eigenvalue weighted by atomic mass is 79.9. The average molecular weight is 429 g/mol. The van der Waals surface area contributed by atoms with Crippen LogP contribution in [0.4, 0.5) is 11.5 Å². The van der Waals surface area contributed by atoms with E-state index in [-0.39, 0.29) is 29.6 Å². The lowest BCUT2D eigenvalue weighted by Crippen LogP contribution is -2.28. The predicted octanol–water partition coefficient (Wildman–Crippen LogP) is 1.74. The van der Waals surface area contributed by atoms with E-state index in [0.29, 0.717) is 15.9 Å². The molecule has 0 spiro atoms. The van der Waals surface area contributed by atoms with Gasteiger partial charge in [0.05, 0.1) is 7.11 Å². The van der Waals surface area contributed by atoms with Crippen LogP contribution in [0.2, 0.25) is 0 Å². The molecule has 0 aliphatic carbocycles. The Morgan fingerprint density at radius 1 is 1.32 bits per heavy atom. The highest BCUT2D eigenvalue weighted by Crippen LogP contribution is 2.20. The summed E-state index contributed by atoms with van der Waals surface area (Å²) in [5.74, 6) is 0.234. The van der Waals surface area contributed by atoms with E-state index in [4.69, 9.17) is 10.5 Å². The van der Waals surface area contributed by atoms with Crippen molar-refractivity contribution in [1.82, 2.24) is 9.71 Å². The number of ether oxygens (including phenoxy) is 1. The second-order valence-electron chi connectivity index (χ2n) is 4.96. The number of sulfonamides is 1. The molecule has 134 valence electrons. The molecule has 2 rings (SSSR count). The lowest BCUT2D eigenvalue weighted by Gasteiger charge is -2.09. The molecular weight excluding hydrogens is 412 g/mol. The largest absolute Gasteiger partial charge is 0.497 e. The van der Waals surface area contributed by atoms with Gasteiger partial charge in [-0.2, -0.15) is 0 Å². The van der Waals surface area contributed by atoms with E-state index in [9.17, 15) is 13.2 Å². The summed E-state index contributed by atoms with van der Waals surface area (Å²) in [6.07, 6.45) is 1.36. The van der Waals surface area contributed by atoms with Crippen LogP contribution < -0.4 is 20.5 Å². The summed E-state index contributed by atoms with van der Waals surface area (Å²) in [6.45, 7) is -0.0731. The maximum Gasteiger partial charge on any atom is 0.244 e. The first-order valence-electron chi connectivity index (χ1n) is 7.16. The fourth-order valence-electron chi connectivity index (χ4n) is 1.92. The Hall–Kier alpha value is -2.17. The first-order chi connectivity index (χ1) is 11.8. The Morgan fingerprint density at radius 2 is 2.00 bits per heavy atom. The van der Waals surface area contributed by atoms with Gasteiger partial charge in [-0.3, -0.25) is 4.79 Å². The monoisotopic (exact) mass is 428 g/mol. The number of pyridine rings is 1. The van der Waals surface area contributed by atoms with Crippen molar-refractivity contribution in [1.29, 1.82) is 0 Å². The van der Waals surface area contributed by atoms with E-state index >= 15 is 0 Å². The summed E-state index contributed by atoms with van der Waals surface area (Å²) >= 11 is 3.14. The smallest absolute Gasteiger partial charge is 0.244 e. The molecule has 0 saturated heterocycles. The van der Waals surface area contributed by atoms with Crippen LogP contribution in [0.15, 0.2) is 45.9 Å². The van der Waals surface area contributed by atoms with Gasteiger partial charge in [0.1, 0.15) is 16.5 Å². The molecule has 1 amide bonds. The zero-order valence-corrected chi connectivity index (χ0v) is 15.7. The van der Waals surface area contributed by atoms with Crippen LogP contribution in [-0.2, 0) is 14.8 Å². The number of rotatable bonds is 7. The molecule has 0 saturated carbocycles. The van der Waals surface area contributed by atoms with Crippen molar-refractivity contribution in [3.63, 3.8) is 0 Å². The van der Waals surface area contributed by atoms with E-state index in [1.165, 1.54) is 12.3 Å². The summed E-state index contributed by atoms with van der Waals surface area (Å²) in [7, 11) is -2.31. The Balaban J connectivity index is 1.90. The van der Waals surface area contributed by atoms with Gasteiger partial charge >= 0.3 is 0 Å². The molecule has 0 atom stereocenters. The average Bonchev–Trinajstić information content (AvgIpc) is 2.57. The SMILES string of the molecule is COc1ccc(NC(=O)CCNS(=O)(=O)c2cc(Br)cnc2N)cc1. The molecule has 1 aromatic heterocycles. The number of nitrogen functional groups attached to an aromatic ring is 1. The van der Waals surface area contributed by atoms with Gasteiger partial charge < -0.3 is 15.8 Å². The summed E-state index contributed by atoms with van der Waals surface area (Å²) in [5.41, 5.74) is 6.18. The van der Waals surface area contributed by atoms with Crippen molar-refractivity contribution in [3.05, 3.63) is 41.0 Å². The normalized spacial score (nSPS) is 11.1. The summed E-state index contributed by atoms with van der Waals surface area (Å²) < 4.78 is 32.3. The van der Waals surface area contributed by atoms with Gasteiger partial charge in [-0.1, -0.05) is 0 Å². The van der Waals surface area contributed by atoms with E-state index < -0.39 is 10.0 Å². The van der Waals surface area contributed by atoms with E-state index in [1.807, 2.05) is 0 Å². The first-order valence-corrected chi connectivity index (χ1v) is 9.44. The van der Waals surface area contributed by atoms with Crippen LogP contribution >= 0.6 is 15.9 Å². The number of methoxy groups -OCH3 is 1. The molecule has 10 heteroatoms. The highest BCUT2D eigenvalue weighted by Gasteiger charge is 2.19. The number of hydrogen-bond donors (Lipinski definition) is 3. The van der Waals surface area contributed by atoms with E-state index in [1.54, 1.807) is 31.4 Å². The summed E-state index contributed by atoms with van der Waals surface area (Å²) in [5, 5.41) is 2.67. The van der Waals surface area contributed by atoms with Crippen LogP contribution in [0.5, 0.6) is 5.75 Å². The van der Waals surface area contributed by atoms with Gasteiger partial charge in [0.2, 0.25) is 15.9 Å². The predicted molar refractivity (Wildman–Crippen MR) is 97.8 cm³/mol. The minimum absolute atomic E-state index is 0.0351. The highest BCUT2D eigenvalue weighted by molar-refractivity contribution is 9.10. The van der Waals surface area contributed by atoms with Crippen LogP contribution in [0.1, 0.15) is 6.42 Å². The van der Waals surface area contributed by atoms with Crippen LogP contribution in [-0.4, -0.2) is 33.0 Å². The van der Waals surface area contributed by atoms with Gasteiger partial charge in [0.15, 0.2) is 0 Å². The molecular formula is C15H17BrN4O4S. The quantitative estimate of drug-likeness (QED) is 0.616. The molecule has 0 fully saturated rings. The lowest BCUT2D eigenvalue weighted by molar-refractivity contribution is -0.116. The second kappa shape index (κ2) is 8.28. The number of aromatic nitrogens is 1. The molecule has 0 aliphatic rings. The Bertz CT molecular complexity index is 856. The third-order valence-corrected chi connectivity index (χ3v) is 5.08. The number of carbonyl (C=O) groups is 1. The van der Waals surface area contributed by atoms with Crippen molar-refractivity contribution in [2.24, 2.45) is 0 Å². The molecule has 25 heavy (non-hydrogen) atoms.